The quantitative estimate of drug-likeness (QED) is 0.737. The van der Waals surface area contributed by atoms with Crippen LogP contribution < -0.4 is 11.1 Å². The van der Waals surface area contributed by atoms with Gasteiger partial charge in [0, 0.05) is 18.8 Å². The minimum Gasteiger partial charge on any atom is -0.396 e. The molecular formula is C12H16FN3O. The number of nitrogens with one attached hydrogen (secondary N) is 1. The highest BCUT2D eigenvalue weighted by atomic mass is 19.1. The minimum atomic E-state index is -0.513. The van der Waals surface area contributed by atoms with Crippen LogP contribution in [-0.4, -0.2) is 24.0 Å². The van der Waals surface area contributed by atoms with Crippen molar-refractivity contribution < 1.29 is 9.18 Å². The molecule has 1 saturated heterocycles. The third-order valence-electron chi connectivity index (χ3n) is 2.89. The first-order chi connectivity index (χ1) is 8.16. The van der Waals surface area contributed by atoms with Crippen molar-refractivity contribution in [3.05, 3.63) is 24.0 Å². The smallest absolute Gasteiger partial charge is 0.321 e. The van der Waals surface area contributed by atoms with Crippen LogP contribution >= 0.6 is 0 Å². The average Bonchev–Trinajstić information content (AvgIpc) is 2.35. The number of carbonyl (C=O) groups is 1. The number of hydrogen-bond acceptors (Lipinski definition) is 2. The normalized spacial score (nSPS) is 15.7. The molecule has 4 nitrogen and oxygen atoms in total. The van der Waals surface area contributed by atoms with E-state index in [1.54, 1.807) is 11.0 Å². The Morgan fingerprint density at radius 3 is 2.65 bits per heavy atom. The fourth-order valence-electron chi connectivity index (χ4n) is 1.90. The minimum absolute atomic E-state index is 0.0842. The predicted molar refractivity (Wildman–Crippen MR) is 65.3 cm³/mol. The Bertz CT molecular complexity index is 416. The Labute approximate surface area is 99.6 Å². The van der Waals surface area contributed by atoms with Crippen molar-refractivity contribution in [1.29, 1.82) is 0 Å². The van der Waals surface area contributed by atoms with Gasteiger partial charge in [-0.15, -0.1) is 0 Å². The maximum absolute atomic E-state index is 13.2. The van der Waals surface area contributed by atoms with Gasteiger partial charge in [-0.2, -0.15) is 0 Å². The van der Waals surface area contributed by atoms with Crippen LogP contribution in [0.4, 0.5) is 20.6 Å². The van der Waals surface area contributed by atoms with Crippen LogP contribution in [0.3, 0.4) is 0 Å². The van der Waals surface area contributed by atoms with Gasteiger partial charge in [0.15, 0.2) is 0 Å². The number of anilines is 2. The maximum atomic E-state index is 13.2. The van der Waals surface area contributed by atoms with Gasteiger partial charge in [-0.05, 0) is 37.5 Å². The van der Waals surface area contributed by atoms with Crippen LogP contribution in [0.5, 0.6) is 0 Å². The summed E-state index contributed by atoms with van der Waals surface area (Å²) in [5.74, 6) is -0.513. The third kappa shape index (κ3) is 2.87. The van der Waals surface area contributed by atoms with E-state index in [1.165, 1.54) is 18.6 Å². The molecule has 3 N–H and O–H groups in total. The summed E-state index contributed by atoms with van der Waals surface area (Å²) in [5.41, 5.74) is 5.89. The first-order valence-corrected chi connectivity index (χ1v) is 5.78. The molecule has 0 aliphatic carbocycles. The second kappa shape index (κ2) is 5.03. The van der Waals surface area contributed by atoms with Crippen molar-refractivity contribution in [2.75, 3.05) is 24.1 Å². The summed E-state index contributed by atoms with van der Waals surface area (Å²) in [5, 5.41) is 2.67. The van der Waals surface area contributed by atoms with Crippen molar-refractivity contribution in [3.63, 3.8) is 0 Å². The zero-order valence-corrected chi connectivity index (χ0v) is 9.58. The van der Waals surface area contributed by atoms with E-state index in [0.29, 0.717) is 5.69 Å². The lowest BCUT2D eigenvalue weighted by Gasteiger charge is -2.26. The predicted octanol–water partition coefficient (Wildman–Crippen LogP) is 2.43. The molecule has 0 atom stereocenters. The van der Waals surface area contributed by atoms with Crippen LogP contribution in [0, 0.1) is 5.82 Å². The molecule has 0 aromatic heterocycles. The van der Waals surface area contributed by atoms with E-state index in [-0.39, 0.29) is 11.7 Å². The molecular weight excluding hydrogens is 221 g/mol. The van der Waals surface area contributed by atoms with E-state index < -0.39 is 5.82 Å². The fraction of sp³-hybridized carbons (Fsp3) is 0.417. The lowest BCUT2D eigenvalue weighted by molar-refractivity contribution is 0.200. The number of hydrogen-bond donors (Lipinski definition) is 2. The number of piperidine rings is 1. The van der Waals surface area contributed by atoms with E-state index in [0.717, 1.165) is 25.9 Å². The van der Waals surface area contributed by atoms with E-state index in [4.69, 9.17) is 5.73 Å². The molecule has 0 radical (unpaired) electrons. The standard InChI is InChI=1S/C12H16FN3O/c13-10-8-9(4-5-11(10)14)15-12(17)16-6-2-1-3-7-16/h4-5,8H,1-3,6-7,14H2,(H,15,17). The summed E-state index contributed by atoms with van der Waals surface area (Å²) in [6.07, 6.45) is 3.23. The first kappa shape index (κ1) is 11.7. The van der Waals surface area contributed by atoms with Gasteiger partial charge in [-0.1, -0.05) is 0 Å². The maximum Gasteiger partial charge on any atom is 0.321 e. The number of benzene rings is 1. The molecule has 1 aromatic rings. The zero-order valence-electron chi connectivity index (χ0n) is 9.58. The molecule has 2 rings (SSSR count). The molecule has 2 amide bonds. The van der Waals surface area contributed by atoms with Crippen LogP contribution in [0.15, 0.2) is 18.2 Å². The Kier molecular flexibility index (Phi) is 3.46. The van der Waals surface area contributed by atoms with Crippen molar-refractivity contribution in [1.82, 2.24) is 4.90 Å². The Balaban J connectivity index is 1.99. The number of nitrogens with two attached hydrogens (primary N) is 1. The highest BCUT2D eigenvalue weighted by molar-refractivity contribution is 5.89. The highest BCUT2D eigenvalue weighted by Crippen LogP contribution is 2.17. The number of likely N-dealkylation sites (tertiary alicyclic amines) is 1. The lowest BCUT2D eigenvalue weighted by atomic mass is 10.1. The summed E-state index contributed by atoms with van der Waals surface area (Å²) in [7, 11) is 0. The molecule has 0 unspecified atom stereocenters. The summed E-state index contributed by atoms with van der Waals surface area (Å²) < 4.78 is 13.2. The highest BCUT2D eigenvalue weighted by Gasteiger charge is 2.16. The first-order valence-electron chi connectivity index (χ1n) is 5.78. The number of halogens is 1. The molecule has 1 aromatic carbocycles. The zero-order chi connectivity index (χ0) is 12.3. The van der Waals surface area contributed by atoms with Crippen LogP contribution in [-0.2, 0) is 0 Å². The number of nitrogens with zero attached hydrogens (tertiary/aromatic N) is 1. The SMILES string of the molecule is Nc1ccc(NC(=O)N2CCCCC2)cc1F. The molecule has 92 valence electrons. The molecule has 1 aliphatic heterocycles. The van der Waals surface area contributed by atoms with E-state index in [2.05, 4.69) is 5.32 Å². The number of rotatable bonds is 1. The number of carbonyl (C=O) groups excluding carboxylic acids is 1. The van der Waals surface area contributed by atoms with Crippen LogP contribution in [0.2, 0.25) is 0 Å². The molecule has 1 aliphatic rings. The summed E-state index contributed by atoms with van der Waals surface area (Å²) >= 11 is 0. The van der Waals surface area contributed by atoms with Gasteiger partial charge in [-0.3, -0.25) is 0 Å². The van der Waals surface area contributed by atoms with Gasteiger partial charge in [0.05, 0.1) is 5.69 Å². The molecule has 1 heterocycles. The lowest BCUT2D eigenvalue weighted by Crippen LogP contribution is -2.38. The van der Waals surface area contributed by atoms with Gasteiger partial charge >= 0.3 is 6.03 Å². The van der Waals surface area contributed by atoms with Crippen LogP contribution in [0.25, 0.3) is 0 Å². The molecule has 0 spiro atoms. The summed E-state index contributed by atoms with van der Waals surface area (Å²) in [6.45, 7) is 1.53. The average molecular weight is 237 g/mol. The van der Waals surface area contributed by atoms with Crippen molar-refractivity contribution >= 4 is 17.4 Å². The van der Waals surface area contributed by atoms with Gasteiger partial charge in [0.2, 0.25) is 0 Å². The monoisotopic (exact) mass is 237 g/mol. The third-order valence-corrected chi connectivity index (χ3v) is 2.89. The van der Waals surface area contributed by atoms with Gasteiger partial charge < -0.3 is 16.0 Å². The number of urea groups is 1. The van der Waals surface area contributed by atoms with E-state index in [9.17, 15) is 9.18 Å². The largest absolute Gasteiger partial charge is 0.396 e. The fourth-order valence-corrected chi connectivity index (χ4v) is 1.90. The number of amides is 2. The molecule has 5 heteroatoms. The van der Waals surface area contributed by atoms with Gasteiger partial charge in [0.1, 0.15) is 5.82 Å². The van der Waals surface area contributed by atoms with Crippen molar-refractivity contribution in [3.8, 4) is 0 Å². The second-order valence-electron chi connectivity index (χ2n) is 4.21. The molecule has 0 saturated carbocycles. The van der Waals surface area contributed by atoms with Gasteiger partial charge in [0.25, 0.3) is 0 Å². The Morgan fingerprint density at radius 1 is 1.29 bits per heavy atom. The van der Waals surface area contributed by atoms with Crippen LogP contribution in [0.1, 0.15) is 19.3 Å². The number of nitrogen functional groups attached to an aromatic ring is 1. The Hall–Kier alpha value is -1.78. The molecule has 1 fully saturated rings. The van der Waals surface area contributed by atoms with E-state index >= 15 is 0 Å². The Morgan fingerprint density at radius 2 is 2.00 bits per heavy atom. The van der Waals surface area contributed by atoms with Crippen molar-refractivity contribution in [2.45, 2.75) is 19.3 Å². The summed E-state index contributed by atoms with van der Waals surface area (Å²) in [4.78, 5) is 13.6. The molecule has 17 heavy (non-hydrogen) atoms. The topological polar surface area (TPSA) is 58.4 Å². The van der Waals surface area contributed by atoms with Crippen molar-refractivity contribution in [2.24, 2.45) is 0 Å². The van der Waals surface area contributed by atoms with Gasteiger partial charge in [-0.25, -0.2) is 9.18 Å². The summed E-state index contributed by atoms with van der Waals surface area (Å²) in [6, 6.07) is 4.10. The molecule has 0 bridgehead atoms. The second-order valence-corrected chi connectivity index (χ2v) is 4.21. The van der Waals surface area contributed by atoms with E-state index in [1.807, 2.05) is 0 Å².